The summed E-state index contributed by atoms with van der Waals surface area (Å²) in [4.78, 5) is 19.7. The fourth-order valence-electron chi connectivity index (χ4n) is 2.98. The van der Waals surface area contributed by atoms with E-state index in [-0.39, 0.29) is 17.6 Å². The van der Waals surface area contributed by atoms with Crippen LogP contribution in [-0.2, 0) is 12.4 Å². The van der Waals surface area contributed by atoms with Crippen LogP contribution < -0.4 is 11.0 Å². The number of rotatable bonds is 3. The Morgan fingerprint density at radius 1 is 0.967 bits per heavy atom. The van der Waals surface area contributed by atoms with Crippen LogP contribution in [-0.4, -0.2) is 26.7 Å². The normalized spacial score (nSPS) is 19.2. The van der Waals surface area contributed by atoms with E-state index in [1.165, 1.54) is 6.07 Å². The summed E-state index contributed by atoms with van der Waals surface area (Å²) in [5.41, 5.74) is -5.34. The highest BCUT2D eigenvalue weighted by Crippen LogP contribution is 2.36. The molecule has 1 fully saturated rings. The highest BCUT2D eigenvalue weighted by atomic mass is 19.4. The van der Waals surface area contributed by atoms with Gasteiger partial charge in [-0.3, -0.25) is 0 Å². The summed E-state index contributed by atoms with van der Waals surface area (Å²) >= 11 is 0. The van der Waals surface area contributed by atoms with Crippen molar-refractivity contribution in [3.63, 3.8) is 0 Å². The van der Waals surface area contributed by atoms with Crippen LogP contribution in [0.2, 0.25) is 0 Å². The summed E-state index contributed by atoms with van der Waals surface area (Å²) < 4.78 is 93.5. The number of hydrogen-bond acceptors (Lipinski definition) is 4. The van der Waals surface area contributed by atoms with Crippen molar-refractivity contribution in [3.8, 4) is 5.69 Å². The van der Waals surface area contributed by atoms with Gasteiger partial charge in [-0.2, -0.15) is 31.3 Å². The average Bonchev–Trinajstić information content (AvgIpc) is 3.34. The predicted octanol–water partition coefficient (Wildman–Crippen LogP) is 4.34. The van der Waals surface area contributed by atoms with Gasteiger partial charge in [0.05, 0.1) is 22.7 Å². The summed E-state index contributed by atoms with van der Waals surface area (Å²) in [7, 11) is 0. The first-order valence-electron chi connectivity index (χ1n) is 8.55. The van der Waals surface area contributed by atoms with E-state index in [2.05, 4.69) is 15.3 Å². The molecule has 1 saturated carbocycles. The van der Waals surface area contributed by atoms with Crippen LogP contribution in [0.3, 0.4) is 0 Å². The molecule has 1 aliphatic carbocycles. The number of aromatic nitrogens is 3. The van der Waals surface area contributed by atoms with Crippen molar-refractivity contribution < 1.29 is 30.7 Å². The molecular weight excluding hydrogens is 421 g/mol. The van der Waals surface area contributed by atoms with Gasteiger partial charge in [0.15, 0.2) is 5.65 Å². The smallest absolute Gasteiger partial charge is 0.364 e. The number of benzene rings is 1. The molecule has 12 heteroatoms. The summed E-state index contributed by atoms with van der Waals surface area (Å²) in [5.74, 6) is -0.248. The molecule has 0 saturated heterocycles. The number of nitrogens with zero attached hydrogens (tertiary/aromatic N) is 3. The number of nitrogens with one attached hydrogen (secondary N) is 1. The number of alkyl halides is 7. The SMILES string of the molecule is O=c1nc(NC2C[C@H]2F)c2ccc(C(F)(F)F)nc2n1-c1ccccc1C(F)(F)F. The second-order valence-corrected chi connectivity index (χ2v) is 6.66. The minimum Gasteiger partial charge on any atom is -0.364 e. The second kappa shape index (κ2) is 6.67. The summed E-state index contributed by atoms with van der Waals surface area (Å²) in [6.45, 7) is 0. The highest BCUT2D eigenvalue weighted by Gasteiger charge is 2.39. The molecule has 0 radical (unpaired) electrons. The minimum absolute atomic E-state index is 0.108. The van der Waals surface area contributed by atoms with E-state index in [1.54, 1.807) is 0 Å². The van der Waals surface area contributed by atoms with Gasteiger partial charge in [0, 0.05) is 6.42 Å². The number of halogens is 7. The van der Waals surface area contributed by atoms with Crippen LogP contribution in [0.15, 0.2) is 41.2 Å². The number of hydrogen-bond donors (Lipinski definition) is 1. The van der Waals surface area contributed by atoms with E-state index in [0.29, 0.717) is 16.7 Å². The van der Waals surface area contributed by atoms with Gasteiger partial charge in [-0.1, -0.05) is 12.1 Å². The van der Waals surface area contributed by atoms with Gasteiger partial charge in [0.25, 0.3) is 0 Å². The molecule has 0 aliphatic heterocycles. The maximum Gasteiger partial charge on any atom is 0.433 e. The van der Waals surface area contributed by atoms with Gasteiger partial charge >= 0.3 is 18.0 Å². The largest absolute Gasteiger partial charge is 0.433 e. The average molecular weight is 432 g/mol. The van der Waals surface area contributed by atoms with Gasteiger partial charge in [0.2, 0.25) is 0 Å². The van der Waals surface area contributed by atoms with Crippen LogP contribution in [0.5, 0.6) is 0 Å². The lowest BCUT2D eigenvalue weighted by molar-refractivity contribution is -0.141. The van der Waals surface area contributed by atoms with Gasteiger partial charge in [-0.25, -0.2) is 18.7 Å². The molecule has 30 heavy (non-hydrogen) atoms. The molecule has 2 atom stereocenters. The Hall–Kier alpha value is -3.18. The van der Waals surface area contributed by atoms with Crippen LogP contribution in [0, 0.1) is 0 Å². The van der Waals surface area contributed by atoms with Crippen LogP contribution >= 0.6 is 0 Å². The van der Waals surface area contributed by atoms with Gasteiger partial charge in [-0.05, 0) is 24.3 Å². The predicted molar refractivity (Wildman–Crippen MR) is 92.1 cm³/mol. The lowest BCUT2D eigenvalue weighted by atomic mass is 10.1. The van der Waals surface area contributed by atoms with Crippen molar-refractivity contribution in [2.24, 2.45) is 0 Å². The molecule has 158 valence electrons. The lowest BCUT2D eigenvalue weighted by Crippen LogP contribution is -2.27. The number of pyridine rings is 1. The first-order valence-corrected chi connectivity index (χ1v) is 8.55. The van der Waals surface area contributed by atoms with E-state index in [1.807, 2.05) is 0 Å². The third-order valence-corrected chi connectivity index (χ3v) is 4.52. The van der Waals surface area contributed by atoms with Gasteiger partial charge < -0.3 is 5.32 Å². The van der Waals surface area contributed by atoms with E-state index in [0.717, 1.165) is 18.2 Å². The zero-order chi connectivity index (χ0) is 21.8. The Labute approximate surface area is 163 Å². The zero-order valence-corrected chi connectivity index (χ0v) is 14.7. The monoisotopic (exact) mass is 432 g/mol. The molecule has 1 aliphatic rings. The molecule has 0 spiro atoms. The molecule has 0 bridgehead atoms. The summed E-state index contributed by atoms with van der Waals surface area (Å²) in [6, 6.07) is 4.74. The Morgan fingerprint density at radius 2 is 1.63 bits per heavy atom. The van der Waals surface area contributed by atoms with Crippen LogP contribution in [0.25, 0.3) is 16.7 Å². The van der Waals surface area contributed by atoms with Crippen LogP contribution in [0.4, 0.5) is 36.6 Å². The van der Waals surface area contributed by atoms with Crippen molar-refractivity contribution in [1.29, 1.82) is 0 Å². The third-order valence-electron chi connectivity index (χ3n) is 4.52. The number of para-hydroxylation sites is 1. The zero-order valence-electron chi connectivity index (χ0n) is 14.7. The van der Waals surface area contributed by atoms with Gasteiger partial charge in [0.1, 0.15) is 17.7 Å². The number of anilines is 1. The maximum absolute atomic E-state index is 13.4. The van der Waals surface area contributed by atoms with E-state index in [9.17, 15) is 35.5 Å². The Kier molecular flexibility index (Phi) is 4.47. The topological polar surface area (TPSA) is 59.8 Å². The highest BCUT2D eigenvalue weighted by molar-refractivity contribution is 5.88. The molecule has 4 rings (SSSR count). The molecule has 0 amide bonds. The molecule has 3 aromatic rings. The van der Waals surface area contributed by atoms with Crippen molar-refractivity contribution in [2.45, 2.75) is 31.0 Å². The maximum atomic E-state index is 13.4. The molecule has 2 aromatic heterocycles. The first-order chi connectivity index (χ1) is 14.0. The van der Waals surface area contributed by atoms with Crippen molar-refractivity contribution >= 4 is 16.9 Å². The molecular formula is C18H11F7N4O. The first kappa shape index (κ1) is 20.1. The van der Waals surface area contributed by atoms with E-state index < -0.39 is 52.8 Å². The Morgan fingerprint density at radius 3 is 2.23 bits per heavy atom. The van der Waals surface area contributed by atoms with Crippen LogP contribution in [0.1, 0.15) is 17.7 Å². The third kappa shape index (κ3) is 3.57. The fourth-order valence-corrected chi connectivity index (χ4v) is 2.98. The van der Waals surface area contributed by atoms with Crippen molar-refractivity contribution in [1.82, 2.24) is 14.5 Å². The molecule has 2 heterocycles. The Bertz CT molecular complexity index is 1190. The molecule has 1 unspecified atom stereocenters. The summed E-state index contributed by atoms with van der Waals surface area (Å²) in [6.07, 6.45) is -10.9. The van der Waals surface area contributed by atoms with Crippen molar-refractivity contribution in [2.75, 3.05) is 5.32 Å². The lowest BCUT2D eigenvalue weighted by Gasteiger charge is -2.18. The fraction of sp³-hybridized carbons (Fsp3) is 0.278. The quantitative estimate of drug-likeness (QED) is 0.626. The van der Waals surface area contributed by atoms with E-state index in [4.69, 9.17) is 0 Å². The molecule has 1 N–H and O–H groups in total. The van der Waals surface area contributed by atoms with Crippen molar-refractivity contribution in [3.05, 3.63) is 58.1 Å². The minimum atomic E-state index is -4.91. The molecule has 5 nitrogen and oxygen atoms in total. The number of fused-ring (bicyclic) bond motifs is 1. The van der Waals surface area contributed by atoms with E-state index >= 15 is 0 Å². The van der Waals surface area contributed by atoms with Gasteiger partial charge in [-0.15, -0.1) is 0 Å². The standard InChI is InChI=1S/C18H11F7N4O/c19-10-7-11(10)26-14-8-5-6-13(18(23,24)25)27-15(8)29(16(30)28-14)12-4-2-1-3-9(12)17(20,21)22/h1-6,10-11H,7H2,(H,26,28,30)/t10-,11?/m1/s1. The summed E-state index contributed by atoms with van der Waals surface area (Å²) in [5, 5.41) is 2.43. The molecule has 1 aromatic carbocycles. The second-order valence-electron chi connectivity index (χ2n) is 6.66. The Balaban J connectivity index is 2.04.